The lowest BCUT2D eigenvalue weighted by Gasteiger charge is -2.08. The highest BCUT2D eigenvalue weighted by Gasteiger charge is 2.08. The van der Waals surface area contributed by atoms with Gasteiger partial charge in [-0.1, -0.05) is 39.0 Å². The number of hydrogen-bond acceptors (Lipinski definition) is 2. The molecule has 17 heavy (non-hydrogen) atoms. The maximum atomic E-state index is 11.9. The van der Waals surface area contributed by atoms with E-state index in [0.29, 0.717) is 11.5 Å². The first kappa shape index (κ1) is 13.4. The van der Waals surface area contributed by atoms with E-state index in [1.165, 1.54) is 0 Å². The molecule has 0 aliphatic carbocycles. The maximum absolute atomic E-state index is 11.9. The molecule has 0 radical (unpaired) electrons. The molecule has 0 bridgehead atoms. The van der Waals surface area contributed by atoms with Gasteiger partial charge >= 0.3 is 0 Å². The van der Waals surface area contributed by atoms with Crippen molar-refractivity contribution < 1.29 is 4.79 Å². The quantitative estimate of drug-likeness (QED) is 0.629. The molecule has 0 saturated carbocycles. The molecule has 0 aliphatic rings. The highest BCUT2D eigenvalue weighted by Crippen LogP contribution is 2.07. The van der Waals surface area contributed by atoms with Crippen LogP contribution in [0.2, 0.25) is 0 Å². The average Bonchev–Trinajstić information content (AvgIpc) is 2.29. The van der Waals surface area contributed by atoms with Crippen LogP contribution in [0, 0.1) is 12.8 Å². The van der Waals surface area contributed by atoms with E-state index in [4.69, 9.17) is 0 Å². The van der Waals surface area contributed by atoms with Gasteiger partial charge in [-0.15, -0.1) is 0 Å². The average molecular weight is 232 g/mol. The second-order valence-electron chi connectivity index (χ2n) is 4.37. The number of carbonyl (C=O) groups excluding carboxylic acids is 1. The second-order valence-corrected chi connectivity index (χ2v) is 4.37. The molecule has 0 aliphatic heterocycles. The molecule has 1 amide bonds. The van der Waals surface area contributed by atoms with Crippen molar-refractivity contribution in [3.05, 3.63) is 35.4 Å². The maximum Gasteiger partial charge on any atom is 0.271 e. The third-order valence-electron chi connectivity index (χ3n) is 2.72. The lowest BCUT2D eigenvalue weighted by Crippen LogP contribution is -2.22. The zero-order valence-electron chi connectivity index (χ0n) is 10.9. The summed E-state index contributed by atoms with van der Waals surface area (Å²) in [6.07, 6.45) is 0.853. The van der Waals surface area contributed by atoms with Crippen LogP contribution in [0.4, 0.5) is 0 Å². The molecule has 0 fully saturated rings. The fourth-order valence-electron chi connectivity index (χ4n) is 1.63. The molecule has 3 heteroatoms. The van der Waals surface area contributed by atoms with E-state index in [2.05, 4.69) is 24.4 Å². The van der Waals surface area contributed by atoms with Crippen molar-refractivity contribution in [1.82, 2.24) is 5.43 Å². The van der Waals surface area contributed by atoms with E-state index in [1.54, 1.807) is 6.07 Å². The molecule has 0 saturated heterocycles. The van der Waals surface area contributed by atoms with E-state index in [9.17, 15) is 4.79 Å². The largest absolute Gasteiger partial charge is 0.271 e. The van der Waals surface area contributed by atoms with Crippen LogP contribution in [0.25, 0.3) is 0 Å². The van der Waals surface area contributed by atoms with Crippen LogP contribution in [-0.4, -0.2) is 11.6 Å². The van der Waals surface area contributed by atoms with Crippen LogP contribution >= 0.6 is 0 Å². The van der Waals surface area contributed by atoms with E-state index in [0.717, 1.165) is 17.7 Å². The molecule has 0 aromatic heterocycles. The van der Waals surface area contributed by atoms with Gasteiger partial charge in [0.1, 0.15) is 0 Å². The van der Waals surface area contributed by atoms with Crippen LogP contribution < -0.4 is 5.43 Å². The summed E-state index contributed by atoms with van der Waals surface area (Å²) >= 11 is 0. The predicted molar refractivity (Wildman–Crippen MR) is 71.2 cm³/mol. The fraction of sp³-hybridized carbons (Fsp3) is 0.429. The van der Waals surface area contributed by atoms with E-state index < -0.39 is 0 Å². The molecule has 92 valence electrons. The molecule has 3 nitrogen and oxygen atoms in total. The first-order valence-corrected chi connectivity index (χ1v) is 5.98. The highest BCUT2D eigenvalue weighted by molar-refractivity contribution is 5.96. The summed E-state index contributed by atoms with van der Waals surface area (Å²) in [6.45, 7) is 8.10. The molecule has 1 N–H and O–H groups in total. The number of benzene rings is 1. The Morgan fingerprint density at radius 3 is 2.53 bits per heavy atom. The van der Waals surface area contributed by atoms with Crippen molar-refractivity contribution in [3.8, 4) is 0 Å². The van der Waals surface area contributed by atoms with Crippen LogP contribution in [0.15, 0.2) is 29.4 Å². The number of carbonyl (C=O) groups is 1. The van der Waals surface area contributed by atoms with Crippen LogP contribution in [0.1, 0.15) is 43.1 Å². The molecule has 1 aromatic rings. The molecule has 0 unspecified atom stereocenters. The van der Waals surface area contributed by atoms with Gasteiger partial charge in [0.05, 0.1) is 0 Å². The molecule has 0 heterocycles. The summed E-state index contributed by atoms with van der Waals surface area (Å²) in [5.41, 5.74) is 5.26. The summed E-state index contributed by atoms with van der Waals surface area (Å²) < 4.78 is 0. The third kappa shape index (κ3) is 3.70. The van der Waals surface area contributed by atoms with Crippen LogP contribution in [0.5, 0.6) is 0 Å². The van der Waals surface area contributed by atoms with Crippen molar-refractivity contribution >= 4 is 11.6 Å². The molecule has 1 aromatic carbocycles. The van der Waals surface area contributed by atoms with Crippen molar-refractivity contribution in [2.24, 2.45) is 11.0 Å². The Labute approximate surface area is 103 Å². The smallest absolute Gasteiger partial charge is 0.267 e. The van der Waals surface area contributed by atoms with Gasteiger partial charge in [0.2, 0.25) is 0 Å². The fourth-order valence-corrected chi connectivity index (χ4v) is 1.63. The van der Waals surface area contributed by atoms with Gasteiger partial charge < -0.3 is 0 Å². The Hall–Kier alpha value is -1.64. The van der Waals surface area contributed by atoms with Gasteiger partial charge in [-0.05, 0) is 30.9 Å². The van der Waals surface area contributed by atoms with Crippen LogP contribution in [0.3, 0.4) is 0 Å². The van der Waals surface area contributed by atoms with Gasteiger partial charge in [0, 0.05) is 11.3 Å². The van der Waals surface area contributed by atoms with Gasteiger partial charge in [-0.2, -0.15) is 5.10 Å². The van der Waals surface area contributed by atoms with E-state index >= 15 is 0 Å². The molecule has 1 rings (SSSR count). The number of hydrogen-bond donors (Lipinski definition) is 1. The topological polar surface area (TPSA) is 41.5 Å². The summed E-state index contributed by atoms with van der Waals surface area (Å²) in [5.74, 6) is 0.215. The standard InChI is InChI=1S/C14H20N2O/c1-5-13(10(2)3)15-16-14(17)12-9-7-6-8-11(12)4/h6-10H,5H2,1-4H3,(H,16,17)/b15-13-. The Morgan fingerprint density at radius 1 is 1.35 bits per heavy atom. The Bertz CT molecular complexity index is 422. The number of rotatable bonds is 4. The normalized spacial score (nSPS) is 11.7. The monoisotopic (exact) mass is 232 g/mol. The predicted octanol–water partition coefficient (Wildman–Crippen LogP) is 3.15. The van der Waals surface area contributed by atoms with E-state index in [-0.39, 0.29) is 5.91 Å². The first-order valence-electron chi connectivity index (χ1n) is 5.98. The number of nitrogens with zero attached hydrogens (tertiary/aromatic N) is 1. The van der Waals surface area contributed by atoms with Crippen molar-refractivity contribution in [2.75, 3.05) is 0 Å². The van der Waals surface area contributed by atoms with Gasteiger partial charge in [0.25, 0.3) is 5.91 Å². The number of aryl methyl sites for hydroxylation is 1. The zero-order chi connectivity index (χ0) is 12.8. The Balaban J connectivity index is 2.77. The first-order chi connectivity index (χ1) is 8.06. The van der Waals surface area contributed by atoms with Crippen molar-refractivity contribution in [1.29, 1.82) is 0 Å². The number of hydrazone groups is 1. The molecule has 0 atom stereocenters. The van der Waals surface area contributed by atoms with Gasteiger partial charge in [-0.3, -0.25) is 4.79 Å². The zero-order valence-corrected chi connectivity index (χ0v) is 10.9. The summed E-state index contributed by atoms with van der Waals surface area (Å²) in [4.78, 5) is 11.9. The summed E-state index contributed by atoms with van der Waals surface area (Å²) in [5, 5.41) is 4.18. The Kier molecular flexibility index (Phi) is 4.88. The minimum Gasteiger partial charge on any atom is -0.267 e. The Morgan fingerprint density at radius 2 is 2.00 bits per heavy atom. The van der Waals surface area contributed by atoms with Crippen molar-refractivity contribution in [2.45, 2.75) is 34.1 Å². The lowest BCUT2D eigenvalue weighted by atomic mass is 10.1. The summed E-state index contributed by atoms with van der Waals surface area (Å²) in [7, 11) is 0. The molecule has 0 spiro atoms. The third-order valence-corrected chi connectivity index (χ3v) is 2.72. The molecular formula is C14H20N2O. The summed E-state index contributed by atoms with van der Waals surface area (Å²) in [6, 6.07) is 7.50. The second kappa shape index (κ2) is 6.18. The molecular weight excluding hydrogens is 212 g/mol. The SMILES string of the molecule is CC/C(=N/NC(=O)c1ccccc1C)C(C)C. The van der Waals surface area contributed by atoms with Crippen LogP contribution in [-0.2, 0) is 0 Å². The lowest BCUT2D eigenvalue weighted by molar-refractivity contribution is 0.0954. The number of amides is 1. The minimum atomic E-state index is -0.144. The highest BCUT2D eigenvalue weighted by atomic mass is 16.2. The van der Waals surface area contributed by atoms with Crippen molar-refractivity contribution in [3.63, 3.8) is 0 Å². The van der Waals surface area contributed by atoms with Gasteiger partial charge in [0.15, 0.2) is 0 Å². The number of nitrogens with one attached hydrogen (secondary N) is 1. The minimum absolute atomic E-state index is 0.144. The van der Waals surface area contributed by atoms with Gasteiger partial charge in [-0.25, -0.2) is 5.43 Å². The van der Waals surface area contributed by atoms with E-state index in [1.807, 2.05) is 32.0 Å².